The summed E-state index contributed by atoms with van der Waals surface area (Å²) in [6.07, 6.45) is 4.74. The molecule has 0 saturated heterocycles. The van der Waals surface area contributed by atoms with E-state index in [0.29, 0.717) is 17.5 Å². The zero-order valence-corrected chi connectivity index (χ0v) is 19.6. The van der Waals surface area contributed by atoms with Gasteiger partial charge < -0.3 is 20.4 Å². The highest BCUT2D eigenvalue weighted by Gasteiger charge is 2.03. The molecule has 0 aromatic heterocycles. The number of carbonyl (C=O) groups is 2. The number of hydrogen-bond donors (Lipinski definition) is 4. The van der Waals surface area contributed by atoms with Crippen LogP contribution < -0.4 is 0 Å². The van der Waals surface area contributed by atoms with E-state index in [1.807, 2.05) is 31.2 Å². The van der Waals surface area contributed by atoms with Gasteiger partial charge in [0.15, 0.2) is 0 Å². The highest BCUT2D eigenvalue weighted by Crippen LogP contribution is 2.07. The molecular formula is C26H38O6. The first-order chi connectivity index (χ1) is 15.1. The van der Waals surface area contributed by atoms with Crippen LogP contribution >= 0.6 is 0 Å². The largest absolute Gasteiger partial charge is 0.478 e. The molecule has 6 heteroatoms. The zero-order valence-electron chi connectivity index (χ0n) is 19.6. The average molecular weight is 447 g/mol. The molecule has 2 aromatic carbocycles. The van der Waals surface area contributed by atoms with Crippen LogP contribution in [0.3, 0.4) is 0 Å². The van der Waals surface area contributed by atoms with Gasteiger partial charge in [-0.25, -0.2) is 9.59 Å². The molecule has 2 atom stereocenters. The monoisotopic (exact) mass is 446 g/mol. The van der Waals surface area contributed by atoms with Crippen molar-refractivity contribution in [3.63, 3.8) is 0 Å². The van der Waals surface area contributed by atoms with Crippen LogP contribution in [0.4, 0.5) is 0 Å². The van der Waals surface area contributed by atoms with E-state index in [0.717, 1.165) is 32.1 Å². The summed E-state index contributed by atoms with van der Waals surface area (Å²) in [4.78, 5) is 20.9. The minimum Gasteiger partial charge on any atom is -0.478 e. The van der Waals surface area contributed by atoms with Crippen LogP contribution in [0.25, 0.3) is 0 Å². The maximum absolute atomic E-state index is 10.5. The van der Waals surface area contributed by atoms with Crippen LogP contribution in [0.1, 0.15) is 85.2 Å². The lowest BCUT2D eigenvalue weighted by Crippen LogP contribution is -2.13. The fourth-order valence-electron chi connectivity index (χ4n) is 2.77. The van der Waals surface area contributed by atoms with E-state index in [1.165, 1.54) is 11.1 Å². The summed E-state index contributed by atoms with van der Waals surface area (Å²) in [7, 11) is 0. The smallest absolute Gasteiger partial charge is 0.335 e. The molecule has 0 aliphatic rings. The molecule has 0 radical (unpaired) electrons. The van der Waals surface area contributed by atoms with Crippen molar-refractivity contribution in [2.45, 2.75) is 78.4 Å². The molecule has 2 aromatic rings. The van der Waals surface area contributed by atoms with E-state index in [1.54, 1.807) is 31.2 Å². The van der Waals surface area contributed by atoms with Crippen molar-refractivity contribution in [2.24, 2.45) is 0 Å². The van der Waals surface area contributed by atoms with Crippen LogP contribution in [0.15, 0.2) is 48.5 Å². The molecule has 0 heterocycles. The van der Waals surface area contributed by atoms with Gasteiger partial charge in [-0.05, 0) is 68.0 Å². The predicted molar refractivity (Wildman–Crippen MR) is 127 cm³/mol. The third-order valence-corrected chi connectivity index (χ3v) is 4.56. The number of rotatable bonds is 9. The lowest BCUT2D eigenvalue weighted by molar-refractivity contribution is 0.0686. The normalized spacial score (nSPS) is 11.8. The molecule has 0 bridgehead atoms. The van der Waals surface area contributed by atoms with Gasteiger partial charge in [0.25, 0.3) is 0 Å². The molecule has 178 valence electrons. The second kappa shape index (κ2) is 16.9. The fraction of sp³-hybridized carbons (Fsp3) is 0.462. The number of aliphatic hydroxyl groups is 2. The first-order valence-electron chi connectivity index (χ1n) is 11.1. The van der Waals surface area contributed by atoms with Crippen molar-refractivity contribution < 1.29 is 30.0 Å². The summed E-state index contributed by atoms with van der Waals surface area (Å²) in [5.74, 6) is -1.73. The molecule has 4 N–H and O–H groups in total. The minimum absolute atomic E-state index is 0.324. The molecule has 0 fully saturated rings. The lowest BCUT2D eigenvalue weighted by atomic mass is 10.1. The maximum Gasteiger partial charge on any atom is 0.335 e. The molecule has 2 unspecified atom stereocenters. The van der Waals surface area contributed by atoms with Gasteiger partial charge in [-0.3, -0.25) is 0 Å². The van der Waals surface area contributed by atoms with Gasteiger partial charge in [0, 0.05) is 0 Å². The minimum atomic E-state index is -0.863. The summed E-state index contributed by atoms with van der Waals surface area (Å²) >= 11 is 0. The Bertz CT molecular complexity index is 706. The highest BCUT2D eigenvalue weighted by atomic mass is 16.4. The van der Waals surface area contributed by atoms with Gasteiger partial charge in [0.05, 0.1) is 23.3 Å². The summed E-state index contributed by atoms with van der Waals surface area (Å²) < 4.78 is 0. The molecule has 0 saturated carbocycles. The van der Waals surface area contributed by atoms with E-state index in [2.05, 4.69) is 13.8 Å². The highest BCUT2D eigenvalue weighted by molar-refractivity contribution is 5.87. The molecule has 0 aliphatic heterocycles. The fourth-order valence-corrected chi connectivity index (χ4v) is 2.77. The quantitative estimate of drug-likeness (QED) is 0.421. The van der Waals surface area contributed by atoms with Crippen LogP contribution in [0.2, 0.25) is 0 Å². The van der Waals surface area contributed by atoms with E-state index >= 15 is 0 Å². The van der Waals surface area contributed by atoms with E-state index in [4.69, 9.17) is 20.4 Å². The summed E-state index contributed by atoms with van der Waals surface area (Å²) in [5, 5.41) is 34.8. The van der Waals surface area contributed by atoms with Gasteiger partial charge >= 0.3 is 11.9 Å². The topological polar surface area (TPSA) is 115 Å². The van der Waals surface area contributed by atoms with Gasteiger partial charge in [-0.15, -0.1) is 0 Å². The number of benzene rings is 2. The Balaban J connectivity index is 0.000000462. The Labute approximate surface area is 191 Å². The van der Waals surface area contributed by atoms with Crippen LogP contribution in [0, 0.1) is 0 Å². The van der Waals surface area contributed by atoms with Crippen molar-refractivity contribution in [1.29, 1.82) is 0 Å². The van der Waals surface area contributed by atoms with Crippen LogP contribution in [-0.4, -0.2) is 44.6 Å². The summed E-state index contributed by atoms with van der Waals surface area (Å²) in [5.41, 5.74) is 3.11. The van der Waals surface area contributed by atoms with Crippen molar-refractivity contribution in [3.8, 4) is 0 Å². The average Bonchev–Trinajstić information content (AvgIpc) is 2.75. The van der Waals surface area contributed by atoms with Crippen molar-refractivity contribution in [3.05, 3.63) is 70.8 Å². The predicted octanol–water partition coefficient (Wildman–Crippen LogP) is 5.20. The number of aromatic carboxylic acids is 2. The standard InChI is InChI=1S/2C10H12O2.C6H14O2/c2*1-2-3-8-4-6-9(7-5-8)10(11)12;1-3-6(8)4-5(2)7/h2*4-7H,2-3H2,1H3,(H,11,12);5-8H,3-4H2,1-2H3. The Morgan fingerprint density at radius 1 is 0.719 bits per heavy atom. The number of aryl methyl sites for hydroxylation is 2. The molecule has 2 rings (SSSR count). The zero-order chi connectivity index (χ0) is 24.5. The van der Waals surface area contributed by atoms with E-state index < -0.39 is 11.9 Å². The SMILES string of the molecule is CCC(O)CC(C)O.CCCc1ccc(C(=O)O)cc1.CCCc1ccc(C(=O)O)cc1. The number of aliphatic hydroxyl groups excluding tert-OH is 2. The molecule has 6 nitrogen and oxygen atoms in total. The van der Waals surface area contributed by atoms with Gasteiger partial charge in [-0.1, -0.05) is 57.9 Å². The molecule has 0 amide bonds. The Morgan fingerprint density at radius 2 is 1.06 bits per heavy atom. The van der Waals surface area contributed by atoms with E-state index in [-0.39, 0.29) is 12.2 Å². The molecule has 0 spiro atoms. The Hall–Kier alpha value is -2.70. The number of carboxylic acid groups (broad SMARTS) is 2. The second-order valence-electron chi connectivity index (χ2n) is 7.65. The van der Waals surface area contributed by atoms with Gasteiger partial charge in [0.2, 0.25) is 0 Å². The number of hydrogen-bond acceptors (Lipinski definition) is 4. The third-order valence-electron chi connectivity index (χ3n) is 4.56. The first-order valence-corrected chi connectivity index (χ1v) is 11.1. The van der Waals surface area contributed by atoms with E-state index in [9.17, 15) is 9.59 Å². The summed E-state index contributed by atoms with van der Waals surface area (Å²) in [6.45, 7) is 7.78. The summed E-state index contributed by atoms with van der Waals surface area (Å²) in [6, 6.07) is 14.1. The first kappa shape index (κ1) is 29.3. The molecule has 32 heavy (non-hydrogen) atoms. The lowest BCUT2D eigenvalue weighted by Gasteiger charge is -2.08. The Morgan fingerprint density at radius 3 is 1.25 bits per heavy atom. The molecular weight excluding hydrogens is 408 g/mol. The third kappa shape index (κ3) is 13.6. The Kier molecular flexibility index (Phi) is 15.5. The van der Waals surface area contributed by atoms with Crippen molar-refractivity contribution >= 4 is 11.9 Å². The van der Waals surface area contributed by atoms with Crippen LogP contribution in [-0.2, 0) is 12.8 Å². The van der Waals surface area contributed by atoms with Crippen LogP contribution in [0.5, 0.6) is 0 Å². The maximum atomic E-state index is 10.5. The van der Waals surface area contributed by atoms with Crippen molar-refractivity contribution in [2.75, 3.05) is 0 Å². The molecule has 0 aliphatic carbocycles. The number of carboxylic acids is 2. The van der Waals surface area contributed by atoms with Crippen molar-refractivity contribution in [1.82, 2.24) is 0 Å². The van der Waals surface area contributed by atoms with Gasteiger partial charge in [-0.2, -0.15) is 0 Å². The van der Waals surface area contributed by atoms with Gasteiger partial charge in [0.1, 0.15) is 0 Å². The second-order valence-corrected chi connectivity index (χ2v) is 7.65.